The number of aromatic nitrogens is 2. The molecule has 1 aromatic heterocycles. The Labute approximate surface area is 152 Å². The van der Waals surface area contributed by atoms with Crippen LogP contribution in [0.1, 0.15) is 24.4 Å². The van der Waals surface area contributed by atoms with Crippen molar-refractivity contribution in [2.24, 2.45) is 0 Å². The first-order chi connectivity index (χ1) is 12.5. The van der Waals surface area contributed by atoms with Crippen LogP contribution in [0, 0.1) is 17.1 Å². The maximum absolute atomic E-state index is 13.3. The highest BCUT2D eigenvalue weighted by Crippen LogP contribution is 2.35. The Balaban J connectivity index is 1.62. The fourth-order valence-corrected chi connectivity index (χ4v) is 3.17. The van der Waals surface area contributed by atoms with Crippen molar-refractivity contribution in [3.05, 3.63) is 47.5 Å². The summed E-state index contributed by atoms with van der Waals surface area (Å²) < 4.78 is 14.5. The smallest absolute Gasteiger partial charge is 0.332 e. The number of hydrogen-bond donors (Lipinski definition) is 2. The molecular weight excluding hydrogens is 359 g/mol. The number of nitrogens with one attached hydrogen (secondary N) is 2. The molecule has 0 saturated carbocycles. The van der Waals surface area contributed by atoms with Gasteiger partial charge in [0.25, 0.3) is 0 Å². The van der Waals surface area contributed by atoms with Crippen LogP contribution < -0.4 is 10.6 Å². The molecule has 0 bridgehead atoms. The van der Waals surface area contributed by atoms with Crippen molar-refractivity contribution in [2.75, 3.05) is 11.9 Å². The van der Waals surface area contributed by atoms with E-state index in [9.17, 15) is 14.0 Å². The molecule has 3 amide bonds. The molecule has 0 fully saturated rings. The summed E-state index contributed by atoms with van der Waals surface area (Å²) in [6.45, 7) is 1.49. The van der Waals surface area contributed by atoms with E-state index < -0.39 is 23.8 Å². The van der Waals surface area contributed by atoms with Gasteiger partial charge in [-0.15, -0.1) is 5.10 Å². The predicted molar refractivity (Wildman–Crippen MR) is 91.3 cm³/mol. The van der Waals surface area contributed by atoms with Crippen molar-refractivity contribution in [3.63, 3.8) is 0 Å². The molecule has 1 aromatic carbocycles. The Morgan fingerprint density at radius 2 is 2.23 bits per heavy atom. The number of carbonyl (C=O) groups is 2. The molecule has 2 aromatic rings. The summed E-state index contributed by atoms with van der Waals surface area (Å²) >= 11 is 0.992. The van der Waals surface area contributed by atoms with Crippen LogP contribution in [-0.2, 0) is 4.79 Å². The summed E-state index contributed by atoms with van der Waals surface area (Å²) in [5.74, 6) is -0.837. The van der Waals surface area contributed by atoms with Crippen molar-refractivity contribution in [1.82, 2.24) is 19.8 Å². The Morgan fingerprint density at radius 3 is 2.92 bits per heavy atom. The minimum atomic E-state index is -0.463. The van der Waals surface area contributed by atoms with Crippen LogP contribution in [-0.4, -0.2) is 33.0 Å². The monoisotopic (exact) mass is 372 g/mol. The number of benzene rings is 1. The van der Waals surface area contributed by atoms with Crippen LogP contribution in [0.15, 0.2) is 35.2 Å². The van der Waals surface area contributed by atoms with Gasteiger partial charge in [0.15, 0.2) is 5.69 Å². The molecule has 26 heavy (non-hydrogen) atoms. The first-order valence-electron chi connectivity index (χ1n) is 7.55. The number of halogens is 1. The Bertz CT molecular complexity index is 899. The normalized spacial score (nSPS) is 14.0. The molecule has 10 heteroatoms. The molecule has 2 N–H and O–H groups in total. The van der Waals surface area contributed by atoms with Gasteiger partial charge in [0, 0.05) is 0 Å². The summed E-state index contributed by atoms with van der Waals surface area (Å²) in [7, 11) is 0. The lowest BCUT2D eigenvalue weighted by molar-refractivity contribution is -0.121. The summed E-state index contributed by atoms with van der Waals surface area (Å²) in [6, 6.07) is 8.06. The number of nitrogens with zero attached hydrogens (tertiary/aromatic N) is 4. The van der Waals surface area contributed by atoms with Gasteiger partial charge in [-0.2, -0.15) is 10.4 Å². The van der Waals surface area contributed by atoms with Crippen molar-refractivity contribution in [1.29, 1.82) is 5.26 Å². The van der Waals surface area contributed by atoms with Crippen LogP contribution in [0.5, 0.6) is 0 Å². The standard InChI is InChI=1S/C16H13FN6O2S/c1-9(12-5-3-11(7-18)21-22-12)19-15(24)8-23-16(25)20-13-4-2-10(17)6-14(13)26-23/h2-6,9H,8H2,1H3,(H,19,24)(H,20,25). The van der Waals surface area contributed by atoms with Gasteiger partial charge in [-0.3, -0.25) is 9.10 Å². The fourth-order valence-electron chi connectivity index (χ4n) is 2.24. The molecule has 0 radical (unpaired) electrons. The minimum Gasteiger partial charge on any atom is -0.346 e. The van der Waals surface area contributed by atoms with E-state index in [1.807, 2.05) is 6.07 Å². The average Bonchev–Trinajstić information content (AvgIpc) is 2.62. The molecule has 0 aliphatic carbocycles. The van der Waals surface area contributed by atoms with E-state index in [0.717, 1.165) is 11.9 Å². The van der Waals surface area contributed by atoms with E-state index in [2.05, 4.69) is 20.8 Å². The highest BCUT2D eigenvalue weighted by Gasteiger charge is 2.26. The quantitative estimate of drug-likeness (QED) is 0.796. The van der Waals surface area contributed by atoms with Gasteiger partial charge in [-0.05, 0) is 49.2 Å². The van der Waals surface area contributed by atoms with Crippen molar-refractivity contribution >= 4 is 29.6 Å². The van der Waals surface area contributed by atoms with Gasteiger partial charge in [0.1, 0.15) is 18.4 Å². The zero-order valence-corrected chi connectivity index (χ0v) is 14.4. The van der Waals surface area contributed by atoms with E-state index in [0.29, 0.717) is 16.3 Å². The number of anilines is 1. The topological polar surface area (TPSA) is 111 Å². The molecule has 2 heterocycles. The largest absolute Gasteiger partial charge is 0.346 e. The van der Waals surface area contributed by atoms with Gasteiger partial charge in [0.2, 0.25) is 5.91 Å². The molecule has 1 aliphatic rings. The van der Waals surface area contributed by atoms with Crippen LogP contribution in [0.3, 0.4) is 0 Å². The van der Waals surface area contributed by atoms with E-state index in [-0.39, 0.29) is 12.2 Å². The third-order valence-corrected chi connectivity index (χ3v) is 4.58. The molecule has 0 saturated heterocycles. The Morgan fingerprint density at radius 1 is 1.42 bits per heavy atom. The highest BCUT2D eigenvalue weighted by atomic mass is 32.2. The van der Waals surface area contributed by atoms with Crippen LogP contribution in [0.4, 0.5) is 14.9 Å². The number of carbonyl (C=O) groups excluding carboxylic acids is 2. The second kappa shape index (κ2) is 7.37. The fraction of sp³-hybridized carbons (Fsp3) is 0.188. The number of hydrogen-bond acceptors (Lipinski definition) is 6. The lowest BCUT2D eigenvalue weighted by Gasteiger charge is -2.27. The third kappa shape index (κ3) is 3.89. The molecule has 3 rings (SSSR count). The van der Waals surface area contributed by atoms with Crippen LogP contribution >= 0.6 is 11.9 Å². The summed E-state index contributed by atoms with van der Waals surface area (Å²) in [5, 5.41) is 21.6. The summed E-state index contributed by atoms with van der Waals surface area (Å²) in [6.07, 6.45) is 0. The average molecular weight is 372 g/mol. The van der Waals surface area contributed by atoms with Gasteiger partial charge in [-0.25, -0.2) is 9.18 Å². The van der Waals surface area contributed by atoms with Crippen LogP contribution in [0.2, 0.25) is 0 Å². The number of amides is 3. The second-order valence-corrected chi connectivity index (χ2v) is 6.51. The van der Waals surface area contributed by atoms with Crippen molar-refractivity contribution in [2.45, 2.75) is 17.9 Å². The van der Waals surface area contributed by atoms with Gasteiger partial charge in [0.05, 0.1) is 22.3 Å². The van der Waals surface area contributed by atoms with Gasteiger partial charge >= 0.3 is 6.03 Å². The molecule has 1 unspecified atom stereocenters. The molecule has 1 atom stereocenters. The number of fused-ring (bicyclic) bond motifs is 1. The predicted octanol–water partition coefficient (Wildman–Crippen LogP) is 2.22. The van der Waals surface area contributed by atoms with Crippen molar-refractivity contribution in [3.8, 4) is 6.07 Å². The van der Waals surface area contributed by atoms with E-state index >= 15 is 0 Å². The number of rotatable bonds is 4. The molecule has 0 spiro atoms. The summed E-state index contributed by atoms with van der Waals surface area (Å²) in [5.41, 5.74) is 1.17. The zero-order chi connectivity index (χ0) is 18.7. The number of urea groups is 1. The first kappa shape index (κ1) is 17.6. The van der Waals surface area contributed by atoms with E-state index in [1.54, 1.807) is 13.0 Å². The van der Waals surface area contributed by atoms with Gasteiger partial charge < -0.3 is 10.6 Å². The first-order valence-corrected chi connectivity index (χ1v) is 8.32. The minimum absolute atomic E-state index is 0.180. The lowest BCUT2D eigenvalue weighted by atomic mass is 10.2. The zero-order valence-electron chi connectivity index (χ0n) is 13.6. The van der Waals surface area contributed by atoms with E-state index in [4.69, 9.17) is 5.26 Å². The third-order valence-electron chi connectivity index (χ3n) is 3.53. The van der Waals surface area contributed by atoms with Crippen LogP contribution in [0.25, 0.3) is 0 Å². The number of nitriles is 1. The lowest BCUT2D eigenvalue weighted by Crippen LogP contribution is -2.41. The second-order valence-electron chi connectivity index (χ2n) is 5.44. The Kier molecular flexibility index (Phi) is 4.99. The molecule has 132 valence electrons. The molecule has 1 aliphatic heterocycles. The molecular formula is C16H13FN6O2S. The Hall–Kier alpha value is -3.19. The van der Waals surface area contributed by atoms with E-state index in [1.165, 1.54) is 28.6 Å². The SMILES string of the molecule is CC(NC(=O)CN1Sc2cc(F)ccc2NC1=O)c1ccc(C#N)nn1. The molecule has 8 nitrogen and oxygen atoms in total. The maximum atomic E-state index is 13.3. The maximum Gasteiger partial charge on any atom is 0.332 e. The van der Waals surface area contributed by atoms with Crippen molar-refractivity contribution < 1.29 is 14.0 Å². The highest BCUT2D eigenvalue weighted by molar-refractivity contribution is 7.97. The summed E-state index contributed by atoms with van der Waals surface area (Å²) in [4.78, 5) is 24.8. The van der Waals surface area contributed by atoms with Gasteiger partial charge in [-0.1, -0.05) is 0 Å².